The van der Waals surface area contributed by atoms with Gasteiger partial charge in [-0.3, -0.25) is 4.79 Å². The third kappa shape index (κ3) is 4.11. The van der Waals surface area contributed by atoms with Gasteiger partial charge in [0.1, 0.15) is 0 Å². The van der Waals surface area contributed by atoms with Crippen LogP contribution in [0.5, 0.6) is 0 Å². The van der Waals surface area contributed by atoms with Crippen LogP contribution >= 0.6 is 11.8 Å². The van der Waals surface area contributed by atoms with Crippen molar-refractivity contribution in [2.24, 2.45) is 0 Å². The van der Waals surface area contributed by atoms with Crippen LogP contribution in [-0.4, -0.2) is 46.0 Å². The molecule has 0 N–H and O–H groups in total. The molecule has 1 saturated heterocycles. The Bertz CT molecular complexity index is 986. The molecule has 27 heavy (non-hydrogen) atoms. The van der Waals surface area contributed by atoms with E-state index in [-0.39, 0.29) is 29.1 Å². The Morgan fingerprint density at radius 2 is 1.81 bits per heavy atom. The van der Waals surface area contributed by atoms with Crippen LogP contribution in [0, 0.1) is 34.6 Å². The van der Waals surface area contributed by atoms with Crippen molar-refractivity contribution in [1.29, 1.82) is 0 Å². The first-order chi connectivity index (χ1) is 12.6. The van der Waals surface area contributed by atoms with Crippen molar-refractivity contribution in [3.63, 3.8) is 0 Å². The Morgan fingerprint density at radius 1 is 1.19 bits per heavy atom. The van der Waals surface area contributed by atoms with Gasteiger partial charge in [-0.25, -0.2) is 18.4 Å². The molecule has 1 aliphatic rings. The maximum Gasteiger partial charge on any atom is 0.188 e. The Labute approximate surface area is 164 Å². The fourth-order valence-electron chi connectivity index (χ4n) is 3.61. The maximum absolute atomic E-state index is 12.8. The third-order valence-corrected chi connectivity index (χ3v) is 7.90. The molecule has 2 aromatic rings. The summed E-state index contributed by atoms with van der Waals surface area (Å²) in [5.74, 6) is 0.647. The van der Waals surface area contributed by atoms with E-state index in [0.717, 1.165) is 28.3 Å². The Hall–Kier alpha value is -1.67. The van der Waals surface area contributed by atoms with Crippen LogP contribution in [0.4, 0.5) is 0 Å². The summed E-state index contributed by atoms with van der Waals surface area (Å²) in [5.41, 5.74) is 5.36. The van der Waals surface area contributed by atoms with Gasteiger partial charge in [0.25, 0.3) is 0 Å². The SMILES string of the molecule is Cc1nc(SCC(=O)c2cc(C)n([C@H]3CCS(=O)(=O)C3)c2C)nc(C)c1C. The second kappa shape index (κ2) is 7.39. The van der Waals surface area contributed by atoms with E-state index >= 15 is 0 Å². The van der Waals surface area contributed by atoms with E-state index in [1.165, 1.54) is 11.8 Å². The number of rotatable bonds is 5. The number of sulfone groups is 1. The average molecular weight is 408 g/mol. The van der Waals surface area contributed by atoms with E-state index in [9.17, 15) is 13.2 Å². The molecule has 3 rings (SSSR count). The van der Waals surface area contributed by atoms with E-state index in [0.29, 0.717) is 17.1 Å². The van der Waals surface area contributed by atoms with Crippen LogP contribution in [0.15, 0.2) is 11.2 Å². The third-order valence-electron chi connectivity index (χ3n) is 5.30. The summed E-state index contributed by atoms with van der Waals surface area (Å²) in [5, 5.41) is 0.611. The highest BCUT2D eigenvalue weighted by Gasteiger charge is 2.31. The number of aryl methyl sites for hydroxylation is 3. The number of thioether (sulfide) groups is 1. The van der Waals surface area contributed by atoms with Gasteiger partial charge in [-0.2, -0.15) is 0 Å². The van der Waals surface area contributed by atoms with Gasteiger partial charge in [0.05, 0.1) is 17.3 Å². The molecule has 0 amide bonds. The number of aromatic nitrogens is 3. The Morgan fingerprint density at radius 3 is 2.37 bits per heavy atom. The zero-order valence-electron chi connectivity index (χ0n) is 16.4. The quantitative estimate of drug-likeness (QED) is 0.430. The molecule has 8 heteroatoms. The fraction of sp³-hybridized carbons (Fsp3) is 0.526. The number of nitrogens with zero attached hydrogens (tertiary/aromatic N) is 3. The van der Waals surface area contributed by atoms with Crippen molar-refractivity contribution < 1.29 is 13.2 Å². The molecule has 0 aromatic carbocycles. The average Bonchev–Trinajstić information content (AvgIpc) is 3.08. The highest BCUT2D eigenvalue weighted by molar-refractivity contribution is 7.99. The minimum atomic E-state index is -2.97. The molecule has 0 spiro atoms. The molecular formula is C19H25N3O3S2. The van der Waals surface area contributed by atoms with Crippen molar-refractivity contribution in [2.45, 2.75) is 52.2 Å². The van der Waals surface area contributed by atoms with Crippen molar-refractivity contribution in [2.75, 3.05) is 17.3 Å². The van der Waals surface area contributed by atoms with E-state index in [2.05, 4.69) is 9.97 Å². The van der Waals surface area contributed by atoms with Crippen LogP contribution in [0.25, 0.3) is 0 Å². The zero-order chi connectivity index (χ0) is 19.9. The standard InChI is InChI=1S/C19H25N3O3S2/c1-11-8-17(15(5)22(11)16-6-7-27(24,25)10-16)18(23)9-26-19-20-13(3)12(2)14(4)21-19/h8,16H,6-7,9-10H2,1-5H3/t16-/m0/s1. The molecule has 3 heterocycles. The smallest absolute Gasteiger partial charge is 0.188 e. The molecule has 1 fully saturated rings. The molecule has 1 aliphatic heterocycles. The van der Waals surface area contributed by atoms with Gasteiger partial charge in [-0.05, 0) is 52.7 Å². The molecule has 0 radical (unpaired) electrons. The molecule has 0 unspecified atom stereocenters. The van der Waals surface area contributed by atoms with Crippen LogP contribution < -0.4 is 0 Å². The second-order valence-corrected chi connectivity index (χ2v) is 10.4. The van der Waals surface area contributed by atoms with Gasteiger partial charge >= 0.3 is 0 Å². The second-order valence-electron chi connectivity index (χ2n) is 7.23. The minimum absolute atomic E-state index is 0.0136. The van der Waals surface area contributed by atoms with Gasteiger partial charge in [-0.15, -0.1) is 0 Å². The molecule has 0 saturated carbocycles. The maximum atomic E-state index is 12.8. The molecule has 0 bridgehead atoms. The summed E-state index contributed by atoms with van der Waals surface area (Å²) in [4.78, 5) is 21.7. The number of carbonyl (C=O) groups excluding carboxylic acids is 1. The largest absolute Gasteiger partial charge is 0.344 e. The van der Waals surface area contributed by atoms with Crippen LogP contribution in [0.2, 0.25) is 0 Å². The van der Waals surface area contributed by atoms with E-state index in [4.69, 9.17) is 0 Å². The summed E-state index contributed by atoms with van der Waals surface area (Å²) in [6.45, 7) is 9.70. The first-order valence-electron chi connectivity index (χ1n) is 8.95. The van der Waals surface area contributed by atoms with Gasteiger partial charge in [-0.1, -0.05) is 11.8 Å². The van der Waals surface area contributed by atoms with Gasteiger partial charge in [0.15, 0.2) is 20.8 Å². The topological polar surface area (TPSA) is 81.9 Å². The molecule has 6 nitrogen and oxygen atoms in total. The van der Waals surface area contributed by atoms with Crippen molar-refractivity contribution in [3.8, 4) is 0 Å². The number of carbonyl (C=O) groups is 1. The zero-order valence-corrected chi connectivity index (χ0v) is 18.0. The van der Waals surface area contributed by atoms with Gasteiger partial charge < -0.3 is 4.57 Å². The van der Waals surface area contributed by atoms with Crippen molar-refractivity contribution >= 4 is 27.4 Å². The van der Waals surface area contributed by atoms with Gasteiger partial charge in [0, 0.05) is 34.4 Å². The fourth-order valence-corrected chi connectivity index (χ4v) is 6.13. The lowest BCUT2D eigenvalue weighted by Crippen LogP contribution is -2.14. The van der Waals surface area contributed by atoms with Gasteiger partial charge in [0.2, 0.25) is 0 Å². The molecule has 146 valence electrons. The number of ketones is 1. The van der Waals surface area contributed by atoms with Crippen LogP contribution in [-0.2, 0) is 9.84 Å². The summed E-state index contributed by atoms with van der Waals surface area (Å²) in [7, 11) is -2.97. The minimum Gasteiger partial charge on any atom is -0.344 e. The lowest BCUT2D eigenvalue weighted by Gasteiger charge is -2.16. The Balaban J connectivity index is 1.77. The first kappa shape index (κ1) is 20.1. The van der Waals surface area contributed by atoms with E-state index in [1.54, 1.807) is 0 Å². The lowest BCUT2D eigenvalue weighted by atomic mass is 10.2. The normalized spacial score (nSPS) is 18.8. The molecule has 0 aliphatic carbocycles. The summed E-state index contributed by atoms with van der Waals surface area (Å²) in [6, 6.07) is 1.80. The van der Waals surface area contributed by atoms with Crippen LogP contribution in [0.1, 0.15) is 51.2 Å². The molecular weight excluding hydrogens is 382 g/mol. The monoisotopic (exact) mass is 407 g/mol. The molecule has 2 aromatic heterocycles. The summed E-state index contributed by atoms with van der Waals surface area (Å²) in [6.07, 6.45) is 0.608. The number of Topliss-reactive ketones (excluding diaryl/α,β-unsaturated/α-hetero) is 1. The summed E-state index contributed by atoms with van der Waals surface area (Å²) >= 11 is 1.34. The number of hydrogen-bond donors (Lipinski definition) is 0. The van der Waals surface area contributed by atoms with Crippen molar-refractivity contribution in [3.05, 3.63) is 40.0 Å². The summed E-state index contributed by atoms with van der Waals surface area (Å²) < 4.78 is 25.6. The molecule has 1 atom stereocenters. The predicted octanol–water partition coefficient (Wildman–Crippen LogP) is 3.15. The van der Waals surface area contributed by atoms with Crippen LogP contribution in [0.3, 0.4) is 0 Å². The number of hydrogen-bond acceptors (Lipinski definition) is 6. The predicted molar refractivity (Wildman–Crippen MR) is 108 cm³/mol. The Kier molecular flexibility index (Phi) is 5.49. The van der Waals surface area contributed by atoms with Crippen molar-refractivity contribution in [1.82, 2.24) is 14.5 Å². The lowest BCUT2D eigenvalue weighted by molar-refractivity contribution is 0.102. The highest BCUT2D eigenvalue weighted by atomic mass is 32.2. The highest BCUT2D eigenvalue weighted by Crippen LogP contribution is 2.30. The first-order valence-corrected chi connectivity index (χ1v) is 11.8. The van der Waals surface area contributed by atoms with E-state index in [1.807, 2.05) is 45.3 Å². The van der Waals surface area contributed by atoms with E-state index < -0.39 is 9.84 Å².